The fraction of sp³-hybridized carbons (Fsp3) is 0.467. The first-order valence-electron chi connectivity index (χ1n) is 6.80. The highest BCUT2D eigenvalue weighted by Crippen LogP contribution is 2.17. The number of aliphatic carboxylic acids is 1. The lowest BCUT2D eigenvalue weighted by Gasteiger charge is -2.18. The molecule has 21 heavy (non-hydrogen) atoms. The molecule has 0 fully saturated rings. The summed E-state index contributed by atoms with van der Waals surface area (Å²) in [4.78, 5) is 22.7. The van der Waals surface area contributed by atoms with Crippen molar-refractivity contribution in [2.75, 3.05) is 6.61 Å². The number of carboxylic acids is 1. The third-order valence-corrected chi connectivity index (χ3v) is 3.06. The Morgan fingerprint density at radius 3 is 2.48 bits per heavy atom. The van der Waals surface area contributed by atoms with Gasteiger partial charge in [-0.1, -0.05) is 19.1 Å². The van der Waals surface area contributed by atoms with E-state index in [2.05, 4.69) is 5.32 Å². The number of ether oxygens (including phenoxy) is 1. The van der Waals surface area contributed by atoms with Gasteiger partial charge in [0.1, 0.15) is 12.4 Å². The number of carbonyl (C=O) groups is 2. The van der Waals surface area contributed by atoms with Gasteiger partial charge in [0.2, 0.25) is 5.91 Å². The van der Waals surface area contributed by atoms with Crippen molar-refractivity contribution in [1.29, 1.82) is 0 Å². The van der Waals surface area contributed by atoms with Crippen LogP contribution < -0.4 is 5.32 Å². The zero-order valence-corrected chi connectivity index (χ0v) is 12.1. The van der Waals surface area contributed by atoms with E-state index in [0.717, 1.165) is 6.42 Å². The van der Waals surface area contributed by atoms with E-state index < -0.39 is 23.7 Å². The summed E-state index contributed by atoms with van der Waals surface area (Å²) in [5.41, 5.74) is 0.538. The third kappa shape index (κ3) is 6.35. The maximum atomic E-state index is 12.9. The van der Waals surface area contributed by atoms with Crippen molar-refractivity contribution in [3.05, 3.63) is 35.6 Å². The minimum atomic E-state index is -1.05. The van der Waals surface area contributed by atoms with Crippen LogP contribution in [0.2, 0.25) is 0 Å². The molecule has 1 aromatic carbocycles. The van der Waals surface area contributed by atoms with E-state index in [1.54, 1.807) is 0 Å². The molecule has 6 heteroatoms. The summed E-state index contributed by atoms with van der Waals surface area (Å²) in [5.74, 6) is -1.86. The van der Waals surface area contributed by atoms with Crippen LogP contribution in [0.25, 0.3) is 0 Å². The molecule has 0 heterocycles. The van der Waals surface area contributed by atoms with Crippen molar-refractivity contribution >= 4 is 11.9 Å². The molecule has 0 aliphatic heterocycles. The van der Waals surface area contributed by atoms with Gasteiger partial charge in [-0.3, -0.25) is 9.59 Å². The number of rotatable bonds is 8. The number of amides is 1. The average Bonchev–Trinajstić information content (AvgIpc) is 2.44. The van der Waals surface area contributed by atoms with Crippen molar-refractivity contribution in [3.63, 3.8) is 0 Å². The summed E-state index contributed by atoms with van der Waals surface area (Å²) in [6.07, 6.45) is 0.462. The van der Waals surface area contributed by atoms with Gasteiger partial charge in [0.15, 0.2) is 0 Å². The van der Waals surface area contributed by atoms with Gasteiger partial charge in [-0.2, -0.15) is 0 Å². The van der Waals surface area contributed by atoms with Crippen LogP contribution >= 0.6 is 0 Å². The van der Waals surface area contributed by atoms with E-state index in [4.69, 9.17) is 9.84 Å². The molecule has 116 valence electrons. The first-order chi connectivity index (χ1) is 9.92. The number of benzene rings is 1. The van der Waals surface area contributed by atoms with E-state index in [9.17, 15) is 14.0 Å². The second-order valence-electron chi connectivity index (χ2n) is 4.80. The Kier molecular flexibility index (Phi) is 6.81. The van der Waals surface area contributed by atoms with Crippen molar-refractivity contribution in [2.45, 2.75) is 38.8 Å². The van der Waals surface area contributed by atoms with E-state index in [1.165, 1.54) is 24.3 Å². The van der Waals surface area contributed by atoms with Crippen molar-refractivity contribution in [1.82, 2.24) is 5.32 Å². The molecule has 0 aliphatic carbocycles. The van der Waals surface area contributed by atoms with Crippen molar-refractivity contribution in [3.8, 4) is 0 Å². The van der Waals surface area contributed by atoms with Gasteiger partial charge < -0.3 is 15.2 Å². The summed E-state index contributed by atoms with van der Waals surface area (Å²) in [7, 11) is 0. The zero-order chi connectivity index (χ0) is 15.8. The fourth-order valence-electron chi connectivity index (χ4n) is 1.69. The topological polar surface area (TPSA) is 75.6 Å². The van der Waals surface area contributed by atoms with Gasteiger partial charge in [-0.05, 0) is 31.0 Å². The largest absolute Gasteiger partial charge is 0.481 e. The SMILES string of the molecule is CCC(C)OCC(=O)NC(CC(=O)O)c1ccc(F)cc1. The van der Waals surface area contributed by atoms with Crippen LogP contribution in [-0.2, 0) is 14.3 Å². The summed E-state index contributed by atoms with van der Waals surface area (Å²) in [5, 5.41) is 11.5. The van der Waals surface area contributed by atoms with Crippen LogP contribution in [0.5, 0.6) is 0 Å². The number of carbonyl (C=O) groups excluding carboxylic acids is 1. The van der Waals surface area contributed by atoms with Crippen molar-refractivity contribution in [2.24, 2.45) is 0 Å². The standard InChI is InChI=1S/C15H20FNO4/c1-3-10(2)21-9-14(18)17-13(8-15(19)20)11-4-6-12(16)7-5-11/h4-7,10,13H,3,8-9H2,1-2H3,(H,17,18)(H,19,20). The number of carboxylic acid groups (broad SMARTS) is 1. The van der Waals surface area contributed by atoms with Gasteiger partial charge in [0.05, 0.1) is 18.6 Å². The number of hydrogen-bond donors (Lipinski definition) is 2. The lowest BCUT2D eigenvalue weighted by Crippen LogP contribution is -2.33. The molecular formula is C15H20FNO4. The van der Waals surface area contributed by atoms with Crippen LogP contribution in [0.3, 0.4) is 0 Å². The normalized spacial score (nSPS) is 13.5. The summed E-state index contributed by atoms with van der Waals surface area (Å²) in [6.45, 7) is 3.66. The Balaban J connectivity index is 2.67. The Bertz CT molecular complexity index is 475. The predicted molar refractivity (Wildman–Crippen MR) is 75.2 cm³/mol. The van der Waals surface area contributed by atoms with Gasteiger partial charge in [-0.15, -0.1) is 0 Å². The second kappa shape index (κ2) is 8.36. The van der Waals surface area contributed by atoms with Gasteiger partial charge in [0.25, 0.3) is 0 Å². The Labute approximate surface area is 123 Å². The molecule has 0 saturated heterocycles. The molecule has 0 radical (unpaired) electrons. The molecule has 0 aliphatic rings. The molecule has 2 N–H and O–H groups in total. The highest BCUT2D eigenvalue weighted by Gasteiger charge is 2.18. The molecule has 0 aromatic heterocycles. The fourth-order valence-corrected chi connectivity index (χ4v) is 1.69. The quantitative estimate of drug-likeness (QED) is 0.772. The Morgan fingerprint density at radius 2 is 1.95 bits per heavy atom. The molecule has 0 saturated carbocycles. The van der Waals surface area contributed by atoms with Gasteiger partial charge in [-0.25, -0.2) is 4.39 Å². The zero-order valence-electron chi connectivity index (χ0n) is 12.1. The van der Waals surface area contributed by atoms with Crippen molar-refractivity contribution < 1.29 is 23.8 Å². The van der Waals surface area contributed by atoms with Crippen LogP contribution in [-0.4, -0.2) is 29.7 Å². The highest BCUT2D eigenvalue weighted by atomic mass is 19.1. The van der Waals surface area contributed by atoms with E-state index in [-0.39, 0.29) is 19.1 Å². The first kappa shape index (κ1) is 17.1. The molecular weight excluding hydrogens is 277 g/mol. The average molecular weight is 297 g/mol. The monoisotopic (exact) mass is 297 g/mol. The highest BCUT2D eigenvalue weighted by molar-refractivity contribution is 5.78. The van der Waals surface area contributed by atoms with Gasteiger partial charge >= 0.3 is 5.97 Å². The first-order valence-corrected chi connectivity index (χ1v) is 6.80. The molecule has 1 aromatic rings. The Morgan fingerprint density at radius 1 is 1.33 bits per heavy atom. The molecule has 1 amide bonds. The lowest BCUT2D eigenvalue weighted by molar-refractivity contribution is -0.138. The summed E-state index contributed by atoms with van der Waals surface area (Å²) < 4.78 is 18.2. The maximum Gasteiger partial charge on any atom is 0.305 e. The lowest BCUT2D eigenvalue weighted by atomic mass is 10.0. The molecule has 0 spiro atoms. The van der Waals surface area contributed by atoms with Crippen LogP contribution in [0.4, 0.5) is 4.39 Å². The number of hydrogen-bond acceptors (Lipinski definition) is 3. The second-order valence-corrected chi connectivity index (χ2v) is 4.80. The smallest absolute Gasteiger partial charge is 0.305 e. The van der Waals surface area contributed by atoms with Gasteiger partial charge in [0, 0.05) is 0 Å². The van der Waals surface area contributed by atoms with E-state index in [1.807, 2.05) is 13.8 Å². The van der Waals surface area contributed by atoms with E-state index in [0.29, 0.717) is 5.56 Å². The molecule has 2 unspecified atom stereocenters. The minimum Gasteiger partial charge on any atom is -0.481 e. The molecule has 1 rings (SSSR count). The van der Waals surface area contributed by atoms with Crippen LogP contribution in [0.15, 0.2) is 24.3 Å². The number of nitrogens with one attached hydrogen (secondary N) is 1. The molecule has 2 atom stereocenters. The summed E-state index contributed by atoms with van der Waals surface area (Å²) in [6, 6.07) is 4.66. The number of halogens is 1. The van der Waals surface area contributed by atoms with Crippen LogP contribution in [0, 0.1) is 5.82 Å². The van der Waals surface area contributed by atoms with Crippen LogP contribution in [0.1, 0.15) is 38.3 Å². The minimum absolute atomic E-state index is 0.0421. The third-order valence-electron chi connectivity index (χ3n) is 3.06. The molecule has 0 bridgehead atoms. The maximum absolute atomic E-state index is 12.9. The summed E-state index contributed by atoms with van der Waals surface area (Å²) >= 11 is 0. The van der Waals surface area contributed by atoms with E-state index >= 15 is 0 Å². The predicted octanol–water partition coefficient (Wildman–Crippen LogP) is 2.27. The molecule has 5 nitrogen and oxygen atoms in total. The Hall–Kier alpha value is -1.95.